The zero-order valence-corrected chi connectivity index (χ0v) is 15.1. The normalized spacial score (nSPS) is 10.7. The van der Waals surface area contributed by atoms with Gasteiger partial charge in [-0.15, -0.1) is 23.1 Å². The molecule has 0 spiro atoms. The summed E-state index contributed by atoms with van der Waals surface area (Å²) in [6.07, 6.45) is 0.504. The highest BCUT2D eigenvalue weighted by molar-refractivity contribution is 7.99. The Morgan fingerprint density at radius 2 is 2.08 bits per heavy atom. The van der Waals surface area contributed by atoms with Gasteiger partial charge in [0.2, 0.25) is 5.91 Å². The van der Waals surface area contributed by atoms with Crippen molar-refractivity contribution in [1.82, 2.24) is 15.1 Å². The van der Waals surface area contributed by atoms with Crippen molar-refractivity contribution in [2.45, 2.75) is 17.9 Å². The summed E-state index contributed by atoms with van der Waals surface area (Å²) in [7, 11) is 1.93. The maximum Gasteiger partial charge on any atom is 0.221 e. The number of nitrogens with zero attached hydrogens (tertiary/aromatic N) is 2. The highest BCUT2D eigenvalue weighted by Gasteiger charge is 2.09. The lowest BCUT2D eigenvalue weighted by Crippen LogP contribution is -2.23. The molecule has 0 saturated carbocycles. The van der Waals surface area contributed by atoms with E-state index in [1.165, 1.54) is 9.77 Å². The van der Waals surface area contributed by atoms with Gasteiger partial charge in [0.15, 0.2) is 0 Å². The average molecular weight is 358 g/mol. The van der Waals surface area contributed by atoms with Crippen LogP contribution in [0.3, 0.4) is 0 Å². The van der Waals surface area contributed by atoms with Crippen molar-refractivity contribution in [2.24, 2.45) is 7.05 Å². The lowest BCUT2D eigenvalue weighted by Gasteiger charge is -2.03. The van der Waals surface area contributed by atoms with Crippen molar-refractivity contribution in [3.8, 4) is 10.6 Å². The maximum atomic E-state index is 12.0. The molecule has 0 bridgehead atoms. The van der Waals surface area contributed by atoms with Crippen LogP contribution in [0.5, 0.6) is 0 Å². The number of hydrogen-bond donors (Lipinski definition) is 1. The molecule has 1 amide bonds. The lowest BCUT2D eigenvalue weighted by atomic mass is 10.3. The molecule has 0 fully saturated rings. The Bertz CT molecular complexity index is 782. The third-order valence-electron chi connectivity index (χ3n) is 3.51. The standard InChI is InChI=1S/C18H19N3OS2/c1-21-16(17-8-5-10-24-17)12-14(20-21)13-19-18(22)9-11-23-15-6-3-2-4-7-15/h2-8,10,12H,9,11,13H2,1H3,(H,19,22). The van der Waals surface area contributed by atoms with Crippen LogP contribution in [0.25, 0.3) is 10.6 Å². The molecule has 1 aromatic carbocycles. The van der Waals surface area contributed by atoms with Crippen molar-refractivity contribution in [3.63, 3.8) is 0 Å². The van der Waals surface area contributed by atoms with E-state index in [1.807, 2.05) is 47.4 Å². The van der Waals surface area contributed by atoms with Crippen LogP contribution >= 0.6 is 23.1 Å². The molecule has 3 rings (SSSR count). The van der Waals surface area contributed by atoms with Crippen LogP contribution in [0.1, 0.15) is 12.1 Å². The number of carbonyl (C=O) groups excluding carboxylic acids is 1. The van der Waals surface area contributed by atoms with Crippen molar-refractivity contribution < 1.29 is 4.79 Å². The van der Waals surface area contributed by atoms with E-state index < -0.39 is 0 Å². The third-order valence-corrected chi connectivity index (χ3v) is 5.42. The van der Waals surface area contributed by atoms with Crippen LogP contribution in [0.4, 0.5) is 0 Å². The number of carbonyl (C=O) groups is 1. The van der Waals surface area contributed by atoms with Gasteiger partial charge in [-0.3, -0.25) is 9.48 Å². The van der Waals surface area contributed by atoms with Crippen molar-refractivity contribution in [2.75, 3.05) is 5.75 Å². The van der Waals surface area contributed by atoms with E-state index in [2.05, 4.69) is 28.6 Å². The fourth-order valence-electron chi connectivity index (χ4n) is 2.32. The van der Waals surface area contributed by atoms with Gasteiger partial charge < -0.3 is 5.32 Å². The minimum Gasteiger partial charge on any atom is -0.350 e. The highest BCUT2D eigenvalue weighted by atomic mass is 32.2. The number of aromatic nitrogens is 2. The van der Waals surface area contributed by atoms with Crippen LogP contribution in [0.2, 0.25) is 0 Å². The number of aryl methyl sites for hydroxylation is 1. The Labute approximate surface area is 149 Å². The lowest BCUT2D eigenvalue weighted by molar-refractivity contribution is -0.120. The predicted molar refractivity (Wildman–Crippen MR) is 100 cm³/mol. The Hall–Kier alpha value is -2.05. The Balaban J connectivity index is 1.45. The van der Waals surface area contributed by atoms with Gasteiger partial charge in [0.05, 0.1) is 22.8 Å². The smallest absolute Gasteiger partial charge is 0.221 e. The van der Waals surface area contributed by atoms with Crippen molar-refractivity contribution in [3.05, 3.63) is 59.6 Å². The van der Waals surface area contributed by atoms with Crippen LogP contribution in [0, 0.1) is 0 Å². The molecule has 0 aliphatic rings. The van der Waals surface area contributed by atoms with E-state index in [0.717, 1.165) is 17.1 Å². The topological polar surface area (TPSA) is 46.9 Å². The summed E-state index contributed by atoms with van der Waals surface area (Å²) >= 11 is 3.38. The quantitative estimate of drug-likeness (QED) is 0.651. The number of hydrogen-bond acceptors (Lipinski definition) is 4. The largest absolute Gasteiger partial charge is 0.350 e. The Kier molecular flexibility index (Phi) is 5.72. The van der Waals surface area contributed by atoms with Gasteiger partial charge in [-0.05, 0) is 29.6 Å². The van der Waals surface area contributed by atoms with Gasteiger partial charge >= 0.3 is 0 Å². The first-order valence-electron chi connectivity index (χ1n) is 7.74. The SMILES string of the molecule is Cn1nc(CNC(=O)CCSc2ccccc2)cc1-c1cccs1. The van der Waals surface area contributed by atoms with Gasteiger partial charge in [0.1, 0.15) is 0 Å². The molecule has 0 atom stereocenters. The summed E-state index contributed by atoms with van der Waals surface area (Å²) < 4.78 is 1.86. The molecule has 1 N–H and O–H groups in total. The van der Waals surface area contributed by atoms with E-state index in [1.54, 1.807) is 23.1 Å². The number of rotatable bonds is 7. The molecule has 0 aliphatic carbocycles. The van der Waals surface area contributed by atoms with Gasteiger partial charge in [0.25, 0.3) is 0 Å². The van der Waals surface area contributed by atoms with E-state index in [0.29, 0.717) is 13.0 Å². The van der Waals surface area contributed by atoms with Crippen molar-refractivity contribution in [1.29, 1.82) is 0 Å². The molecule has 0 saturated heterocycles. The Morgan fingerprint density at radius 1 is 1.25 bits per heavy atom. The number of amides is 1. The summed E-state index contributed by atoms with van der Waals surface area (Å²) in [5, 5.41) is 9.47. The molecular formula is C18H19N3OS2. The Morgan fingerprint density at radius 3 is 2.83 bits per heavy atom. The number of nitrogens with one attached hydrogen (secondary N) is 1. The molecule has 124 valence electrons. The van der Waals surface area contributed by atoms with E-state index in [9.17, 15) is 4.79 Å². The van der Waals surface area contributed by atoms with E-state index in [-0.39, 0.29) is 5.91 Å². The number of thiophene rings is 1. The number of thioether (sulfide) groups is 1. The van der Waals surface area contributed by atoms with Gasteiger partial charge in [-0.1, -0.05) is 24.3 Å². The molecule has 2 heterocycles. The molecule has 4 nitrogen and oxygen atoms in total. The molecule has 0 aliphatic heterocycles. The van der Waals surface area contributed by atoms with Crippen LogP contribution in [-0.4, -0.2) is 21.4 Å². The van der Waals surface area contributed by atoms with Gasteiger partial charge in [-0.2, -0.15) is 5.10 Å². The van der Waals surface area contributed by atoms with Crippen LogP contribution in [0.15, 0.2) is 58.8 Å². The second-order valence-corrected chi connectivity index (χ2v) is 7.43. The summed E-state index contributed by atoms with van der Waals surface area (Å²) in [5.41, 5.74) is 1.96. The zero-order chi connectivity index (χ0) is 16.8. The summed E-state index contributed by atoms with van der Waals surface area (Å²) in [6.45, 7) is 0.466. The fraction of sp³-hybridized carbons (Fsp3) is 0.222. The first kappa shape index (κ1) is 16.8. The summed E-state index contributed by atoms with van der Waals surface area (Å²) in [5.74, 6) is 0.833. The van der Waals surface area contributed by atoms with E-state index >= 15 is 0 Å². The second-order valence-electron chi connectivity index (χ2n) is 5.31. The van der Waals surface area contributed by atoms with Gasteiger partial charge in [-0.25, -0.2) is 0 Å². The first-order chi connectivity index (χ1) is 11.7. The molecule has 2 aromatic heterocycles. The highest BCUT2D eigenvalue weighted by Crippen LogP contribution is 2.24. The predicted octanol–water partition coefficient (Wildman–Crippen LogP) is 3.95. The molecule has 0 radical (unpaired) electrons. The van der Waals surface area contributed by atoms with Crippen LogP contribution < -0.4 is 5.32 Å². The molecule has 3 aromatic rings. The summed E-state index contributed by atoms with van der Waals surface area (Å²) in [4.78, 5) is 14.3. The monoisotopic (exact) mass is 357 g/mol. The summed E-state index contributed by atoms with van der Waals surface area (Å²) in [6, 6.07) is 16.3. The molecule has 24 heavy (non-hydrogen) atoms. The average Bonchev–Trinajstić information content (AvgIpc) is 3.23. The minimum absolute atomic E-state index is 0.0572. The van der Waals surface area contributed by atoms with Crippen molar-refractivity contribution >= 4 is 29.0 Å². The van der Waals surface area contributed by atoms with E-state index in [4.69, 9.17) is 0 Å². The minimum atomic E-state index is 0.0572. The first-order valence-corrected chi connectivity index (χ1v) is 9.60. The van der Waals surface area contributed by atoms with Gasteiger partial charge in [0, 0.05) is 24.1 Å². The molecule has 0 unspecified atom stereocenters. The van der Waals surface area contributed by atoms with Crippen LogP contribution in [-0.2, 0) is 18.4 Å². The second kappa shape index (κ2) is 8.17. The zero-order valence-electron chi connectivity index (χ0n) is 13.4. The third kappa shape index (κ3) is 4.49. The molecule has 6 heteroatoms. The fourth-order valence-corrected chi connectivity index (χ4v) is 3.97. The maximum absolute atomic E-state index is 12.0. The molecular weight excluding hydrogens is 338 g/mol. The number of benzene rings is 1.